The second kappa shape index (κ2) is 7.63. The van der Waals surface area contributed by atoms with E-state index in [-0.39, 0.29) is 6.04 Å². The Labute approximate surface area is 144 Å². The summed E-state index contributed by atoms with van der Waals surface area (Å²) in [6.45, 7) is 2.75. The van der Waals surface area contributed by atoms with Gasteiger partial charge in [-0.1, -0.05) is 12.1 Å². The van der Waals surface area contributed by atoms with Crippen LogP contribution in [0.2, 0.25) is 0 Å². The van der Waals surface area contributed by atoms with Crippen molar-refractivity contribution < 1.29 is 8.42 Å². The van der Waals surface area contributed by atoms with E-state index in [1.807, 2.05) is 56.3 Å². The van der Waals surface area contributed by atoms with Crippen LogP contribution >= 0.6 is 0 Å². The standard InChI is InChI=1S/C17H24N4O2S/c1-13(15-6-5-7-16(11-15)20-24(4,22)23)19-12-14-8-9-18-17(10-14)21(2)3/h5-11,13,19-20H,12H2,1-4H3/t13-/m0/s1. The minimum absolute atomic E-state index is 0.0854. The lowest BCUT2D eigenvalue weighted by Crippen LogP contribution is -2.19. The van der Waals surface area contributed by atoms with Crippen molar-refractivity contribution in [3.63, 3.8) is 0 Å². The first-order valence-corrected chi connectivity index (χ1v) is 9.57. The summed E-state index contributed by atoms with van der Waals surface area (Å²) in [5, 5.41) is 3.45. The summed E-state index contributed by atoms with van der Waals surface area (Å²) in [7, 11) is 0.652. The van der Waals surface area contributed by atoms with Crippen molar-refractivity contribution >= 4 is 21.5 Å². The number of benzene rings is 1. The van der Waals surface area contributed by atoms with Gasteiger partial charge < -0.3 is 10.2 Å². The van der Waals surface area contributed by atoms with Gasteiger partial charge in [0.15, 0.2) is 0 Å². The summed E-state index contributed by atoms with van der Waals surface area (Å²) in [4.78, 5) is 6.27. The molecule has 2 rings (SSSR count). The van der Waals surface area contributed by atoms with Crippen molar-refractivity contribution in [1.29, 1.82) is 0 Å². The average molecular weight is 348 g/mol. The number of hydrogen-bond acceptors (Lipinski definition) is 5. The zero-order valence-corrected chi connectivity index (χ0v) is 15.3. The Balaban J connectivity index is 2.03. The second-order valence-electron chi connectivity index (χ2n) is 6.02. The van der Waals surface area contributed by atoms with Gasteiger partial charge in [-0.15, -0.1) is 0 Å². The van der Waals surface area contributed by atoms with E-state index in [1.54, 1.807) is 12.3 Å². The fourth-order valence-electron chi connectivity index (χ4n) is 2.29. The Hall–Kier alpha value is -2.12. The number of aromatic nitrogens is 1. The summed E-state index contributed by atoms with van der Waals surface area (Å²) in [6, 6.07) is 11.5. The molecule has 1 aromatic heterocycles. The third-order valence-electron chi connectivity index (χ3n) is 3.57. The zero-order valence-electron chi connectivity index (χ0n) is 14.4. The van der Waals surface area contributed by atoms with Crippen molar-refractivity contribution in [2.75, 3.05) is 30.0 Å². The first-order chi connectivity index (χ1) is 11.2. The monoisotopic (exact) mass is 348 g/mol. The molecule has 1 aromatic carbocycles. The molecule has 0 fully saturated rings. The molecule has 0 aliphatic carbocycles. The Bertz CT molecular complexity index is 791. The predicted octanol–water partition coefficient (Wildman–Crippen LogP) is 2.37. The van der Waals surface area contributed by atoms with E-state index in [9.17, 15) is 8.42 Å². The normalized spacial score (nSPS) is 12.7. The Morgan fingerprint density at radius 1 is 1.21 bits per heavy atom. The van der Waals surface area contributed by atoms with Crippen LogP contribution < -0.4 is 14.9 Å². The van der Waals surface area contributed by atoms with E-state index in [2.05, 4.69) is 15.0 Å². The maximum Gasteiger partial charge on any atom is 0.229 e. The summed E-state index contributed by atoms with van der Waals surface area (Å²) >= 11 is 0. The van der Waals surface area contributed by atoms with Crippen molar-refractivity contribution in [2.24, 2.45) is 0 Å². The number of anilines is 2. The largest absolute Gasteiger partial charge is 0.363 e. The van der Waals surface area contributed by atoms with Crippen molar-refractivity contribution in [1.82, 2.24) is 10.3 Å². The summed E-state index contributed by atoms with van der Waals surface area (Å²) in [5.74, 6) is 0.918. The van der Waals surface area contributed by atoms with Crippen LogP contribution in [0.3, 0.4) is 0 Å². The van der Waals surface area contributed by atoms with E-state index in [0.717, 1.165) is 23.2 Å². The van der Waals surface area contributed by atoms with Crippen LogP contribution in [0.25, 0.3) is 0 Å². The highest BCUT2D eigenvalue weighted by Crippen LogP contribution is 2.19. The minimum Gasteiger partial charge on any atom is -0.363 e. The SMILES string of the molecule is C[C@H](NCc1ccnc(N(C)C)c1)c1cccc(NS(C)(=O)=O)c1. The molecule has 130 valence electrons. The molecule has 2 N–H and O–H groups in total. The van der Waals surface area contributed by atoms with Gasteiger partial charge in [0.25, 0.3) is 0 Å². The predicted molar refractivity (Wildman–Crippen MR) is 98.7 cm³/mol. The smallest absolute Gasteiger partial charge is 0.229 e. The molecule has 0 aliphatic heterocycles. The van der Waals surface area contributed by atoms with Crippen LogP contribution in [0, 0.1) is 0 Å². The Kier molecular flexibility index (Phi) is 5.80. The quantitative estimate of drug-likeness (QED) is 0.803. The molecule has 0 unspecified atom stereocenters. The number of nitrogens with zero attached hydrogens (tertiary/aromatic N) is 2. The van der Waals surface area contributed by atoms with Gasteiger partial charge in [-0.3, -0.25) is 4.72 Å². The van der Waals surface area contributed by atoms with Crippen LogP contribution in [0.15, 0.2) is 42.6 Å². The molecule has 0 aliphatic rings. The van der Waals surface area contributed by atoms with Crippen molar-refractivity contribution in [3.05, 3.63) is 53.7 Å². The number of sulfonamides is 1. The van der Waals surface area contributed by atoms with E-state index in [0.29, 0.717) is 12.2 Å². The number of hydrogen-bond donors (Lipinski definition) is 2. The molecule has 0 saturated carbocycles. The van der Waals surface area contributed by atoms with E-state index in [4.69, 9.17) is 0 Å². The molecule has 0 amide bonds. The molecule has 7 heteroatoms. The second-order valence-corrected chi connectivity index (χ2v) is 7.77. The zero-order chi connectivity index (χ0) is 17.7. The first kappa shape index (κ1) is 18.2. The van der Waals surface area contributed by atoms with Crippen LogP contribution in [0.5, 0.6) is 0 Å². The van der Waals surface area contributed by atoms with Gasteiger partial charge in [-0.25, -0.2) is 13.4 Å². The lowest BCUT2D eigenvalue weighted by molar-refractivity contribution is 0.574. The Morgan fingerprint density at radius 2 is 1.96 bits per heavy atom. The highest BCUT2D eigenvalue weighted by atomic mass is 32.2. The average Bonchev–Trinajstić information content (AvgIpc) is 2.51. The van der Waals surface area contributed by atoms with Gasteiger partial charge in [0, 0.05) is 38.6 Å². The van der Waals surface area contributed by atoms with Crippen molar-refractivity contribution in [3.8, 4) is 0 Å². The van der Waals surface area contributed by atoms with Gasteiger partial charge in [0.05, 0.1) is 6.26 Å². The summed E-state index contributed by atoms with van der Waals surface area (Å²) in [6.07, 6.45) is 2.95. The minimum atomic E-state index is -3.27. The number of pyridine rings is 1. The molecular formula is C17H24N4O2S. The Morgan fingerprint density at radius 3 is 2.62 bits per heavy atom. The van der Waals surface area contributed by atoms with Gasteiger partial charge in [0.2, 0.25) is 10.0 Å². The number of rotatable bonds is 7. The maximum atomic E-state index is 11.3. The molecule has 0 radical (unpaired) electrons. The van der Waals surface area contributed by atoms with Crippen LogP contribution in [-0.2, 0) is 16.6 Å². The summed E-state index contributed by atoms with van der Waals surface area (Å²) in [5.41, 5.74) is 2.74. The molecular weight excluding hydrogens is 324 g/mol. The molecule has 6 nitrogen and oxygen atoms in total. The summed E-state index contributed by atoms with van der Waals surface area (Å²) < 4.78 is 25.2. The lowest BCUT2D eigenvalue weighted by atomic mass is 10.1. The van der Waals surface area contributed by atoms with Gasteiger partial charge in [-0.2, -0.15) is 0 Å². The first-order valence-electron chi connectivity index (χ1n) is 7.68. The fraction of sp³-hybridized carbons (Fsp3) is 0.353. The van der Waals surface area contributed by atoms with Crippen LogP contribution in [-0.4, -0.2) is 33.8 Å². The fourth-order valence-corrected chi connectivity index (χ4v) is 2.84. The highest BCUT2D eigenvalue weighted by Gasteiger charge is 2.08. The van der Waals surface area contributed by atoms with Gasteiger partial charge >= 0.3 is 0 Å². The number of nitrogens with one attached hydrogen (secondary N) is 2. The molecule has 0 spiro atoms. The molecule has 24 heavy (non-hydrogen) atoms. The lowest BCUT2D eigenvalue weighted by Gasteiger charge is -2.17. The third-order valence-corrected chi connectivity index (χ3v) is 4.18. The van der Waals surface area contributed by atoms with Crippen LogP contribution in [0.1, 0.15) is 24.1 Å². The maximum absolute atomic E-state index is 11.3. The molecule has 0 saturated heterocycles. The van der Waals surface area contributed by atoms with E-state index >= 15 is 0 Å². The van der Waals surface area contributed by atoms with Gasteiger partial charge in [-0.05, 0) is 42.3 Å². The van der Waals surface area contributed by atoms with E-state index < -0.39 is 10.0 Å². The molecule has 2 aromatic rings. The van der Waals surface area contributed by atoms with Crippen molar-refractivity contribution in [2.45, 2.75) is 19.5 Å². The molecule has 1 atom stereocenters. The highest BCUT2D eigenvalue weighted by molar-refractivity contribution is 7.92. The van der Waals surface area contributed by atoms with Gasteiger partial charge in [0.1, 0.15) is 5.82 Å². The van der Waals surface area contributed by atoms with E-state index in [1.165, 1.54) is 0 Å². The third kappa shape index (κ3) is 5.50. The van der Waals surface area contributed by atoms with Crippen LogP contribution in [0.4, 0.5) is 11.5 Å². The topological polar surface area (TPSA) is 74.3 Å². The molecule has 1 heterocycles. The molecule has 0 bridgehead atoms.